The maximum Gasteiger partial charge on any atom is 0.383 e. The highest BCUT2D eigenvalue weighted by Crippen LogP contribution is 2.34. The standard InChI is InChI=1S/C13H14F4N2O/c14-11(15)13(16,17)12(20)19(9-5-6-9)7-8-3-1-2-4-10(8)18/h1-4,9,11H,5-7,18H2. The second-order valence-electron chi connectivity index (χ2n) is 4.79. The van der Waals surface area contributed by atoms with Crippen LogP contribution in [0, 0.1) is 0 Å². The van der Waals surface area contributed by atoms with E-state index in [2.05, 4.69) is 0 Å². The van der Waals surface area contributed by atoms with Gasteiger partial charge in [-0.2, -0.15) is 8.78 Å². The van der Waals surface area contributed by atoms with Crippen LogP contribution in [0.25, 0.3) is 0 Å². The molecule has 7 heteroatoms. The van der Waals surface area contributed by atoms with Crippen LogP contribution < -0.4 is 5.73 Å². The molecule has 1 aromatic rings. The zero-order valence-corrected chi connectivity index (χ0v) is 10.5. The molecule has 1 fully saturated rings. The summed E-state index contributed by atoms with van der Waals surface area (Å²) in [6.07, 6.45) is -2.93. The fourth-order valence-corrected chi connectivity index (χ4v) is 1.90. The number of carbonyl (C=O) groups excluding carboxylic acids is 1. The molecule has 1 saturated carbocycles. The fourth-order valence-electron chi connectivity index (χ4n) is 1.90. The van der Waals surface area contributed by atoms with Gasteiger partial charge in [0, 0.05) is 18.3 Å². The maximum atomic E-state index is 13.2. The average molecular weight is 290 g/mol. The first-order valence-electron chi connectivity index (χ1n) is 6.14. The highest BCUT2D eigenvalue weighted by molar-refractivity contribution is 5.84. The number of anilines is 1. The lowest BCUT2D eigenvalue weighted by atomic mass is 10.1. The molecule has 0 aliphatic heterocycles. The van der Waals surface area contributed by atoms with Crippen LogP contribution >= 0.6 is 0 Å². The monoisotopic (exact) mass is 290 g/mol. The van der Waals surface area contributed by atoms with E-state index in [-0.39, 0.29) is 6.54 Å². The molecule has 2 N–H and O–H groups in total. The predicted molar refractivity (Wildman–Crippen MR) is 65.4 cm³/mol. The molecule has 1 amide bonds. The lowest BCUT2D eigenvalue weighted by molar-refractivity contribution is -0.181. The van der Waals surface area contributed by atoms with Gasteiger partial charge in [-0.25, -0.2) is 8.78 Å². The van der Waals surface area contributed by atoms with Crippen molar-refractivity contribution in [2.45, 2.75) is 37.8 Å². The van der Waals surface area contributed by atoms with Gasteiger partial charge in [0.2, 0.25) is 0 Å². The van der Waals surface area contributed by atoms with Crippen LogP contribution in [-0.2, 0) is 11.3 Å². The van der Waals surface area contributed by atoms with Crippen LogP contribution in [0.15, 0.2) is 24.3 Å². The van der Waals surface area contributed by atoms with Crippen LogP contribution in [0.3, 0.4) is 0 Å². The second-order valence-corrected chi connectivity index (χ2v) is 4.79. The summed E-state index contributed by atoms with van der Waals surface area (Å²) in [4.78, 5) is 12.5. The molecular weight excluding hydrogens is 276 g/mol. The van der Waals surface area contributed by atoms with Crippen molar-refractivity contribution in [2.24, 2.45) is 0 Å². The highest BCUT2D eigenvalue weighted by atomic mass is 19.3. The number of hydrogen-bond donors (Lipinski definition) is 1. The van der Waals surface area contributed by atoms with E-state index >= 15 is 0 Å². The third-order valence-electron chi connectivity index (χ3n) is 3.20. The zero-order chi connectivity index (χ0) is 14.9. The number of nitrogen functional groups attached to an aromatic ring is 1. The van der Waals surface area contributed by atoms with Crippen LogP contribution in [0.5, 0.6) is 0 Å². The van der Waals surface area contributed by atoms with Crippen molar-refractivity contribution in [3.8, 4) is 0 Å². The number of rotatable bonds is 5. The summed E-state index contributed by atoms with van der Waals surface area (Å²) in [6, 6.07) is 6.04. The Bertz CT molecular complexity index is 503. The normalized spacial score (nSPS) is 15.4. The quantitative estimate of drug-likeness (QED) is 0.669. The summed E-state index contributed by atoms with van der Waals surface area (Å²) in [5.41, 5.74) is 6.49. The Morgan fingerprint density at radius 3 is 2.45 bits per heavy atom. The molecule has 0 saturated heterocycles. The van der Waals surface area contributed by atoms with Gasteiger partial charge in [0.25, 0.3) is 5.91 Å². The predicted octanol–water partition coefficient (Wildman–Crippen LogP) is 2.66. The molecular formula is C13H14F4N2O. The van der Waals surface area contributed by atoms with Gasteiger partial charge in [0.1, 0.15) is 0 Å². The van der Waals surface area contributed by atoms with Gasteiger partial charge in [0.15, 0.2) is 0 Å². The van der Waals surface area contributed by atoms with Gasteiger partial charge < -0.3 is 10.6 Å². The molecule has 0 bridgehead atoms. The van der Waals surface area contributed by atoms with E-state index in [1.54, 1.807) is 24.3 Å². The number of amides is 1. The minimum Gasteiger partial charge on any atom is -0.398 e. The third-order valence-corrected chi connectivity index (χ3v) is 3.20. The Hall–Kier alpha value is -1.79. The van der Waals surface area contributed by atoms with Gasteiger partial charge in [-0.15, -0.1) is 0 Å². The van der Waals surface area contributed by atoms with Crippen molar-refractivity contribution in [3.05, 3.63) is 29.8 Å². The smallest absolute Gasteiger partial charge is 0.383 e. The Morgan fingerprint density at radius 2 is 1.95 bits per heavy atom. The van der Waals surface area contributed by atoms with Gasteiger partial charge in [-0.05, 0) is 24.5 Å². The molecule has 0 spiro atoms. The SMILES string of the molecule is Nc1ccccc1CN(C(=O)C(F)(F)C(F)F)C1CC1. The summed E-state index contributed by atoms with van der Waals surface area (Å²) in [7, 11) is 0. The lowest BCUT2D eigenvalue weighted by Gasteiger charge is -2.27. The van der Waals surface area contributed by atoms with Crippen molar-refractivity contribution in [3.63, 3.8) is 0 Å². The minimum absolute atomic E-state index is 0.182. The first-order chi connectivity index (χ1) is 9.34. The number of alkyl halides is 4. The molecule has 0 radical (unpaired) electrons. The van der Waals surface area contributed by atoms with Crippen LogP contribution in [-0.4, -0.2) is 29.2 Å². The Kier molecular flexibility index (Phi) is 3.87. The van der Waals surface area contributed by atoms with Gasteiger partial charge in [-0.1, -0.05) is 18.2 Å². The van der Waals surface area contributed by atoms with Crippen molar-refractivity contribution in [1.82, 2.24) is 4.90 Å². The van der Waals surface area contributed by atoms with Gasteiger partial charge >= 0.3 is 12.3 Å². The summed E-state index contributed by atoms with van der Waals surface area (Å²) < 4.78 is 51.0. The molecule has 0 atom stereocenters. The van der Waals surface area contributed by atoms with E-state index in [1.807, 2.05) is 0 Å². The van der Waals surface area contributed by atoms with Crippen molar-refractivity contribution >= 4 is 11.6 Å². The third kappa shape index (κ3) is 2.86. The zero-order valence-electron chi connectivity index (χ0n) is 10.5. The molecule has 3 nitrogen and oxygen atoms in total. The Morgan fingerprint density at radius 1 is 1.35 bits per heavy atom. The summed E-state index contributed by atoms with van der Waals surface area (Å²) >= 11 is 0. The van der Waals surface area contributed by atoms with Gasteiger partial charge in [-0.3, -0.25) is 4.79 Å². The van der Waals surface area contributed by atoms with Crippen molar-refractivity contribution in [2.75, 3.05) is 5.73 Å². The van der Waals surface area contributed by atoms with Crippen LogP contribution in [0.2, 0.25) is 0 Å². The maximum absolute atomic E-state index is 13.2. The van der Waals surface area contributed by atoms with Crippen molar-refractivity contribution < 1.29 is 22.4 Å². The van der Waals surface area contributed by atoms with E-state index in [0.717, 1.165) is 4.90 Å². The first-order valence-corrected chi connectivity index (χ1v) is 6.14. The summed E-state index contributed by atoms with van der Waals surface area (Å²) in [5.74, 6) is -6.50. The largest absolute Gasteiger partial charge is 0.398 e. The van der Waals surface area contributed by atoms with Gasteiger partial charge in [0.05, 0.1) is 0 Å². The van der Waals surface area contributed by atoms with Crippen molar-refractivity contribution in [1.29, 1.82) is 0 Å². The topological polar surface area (TPSA) is 46.3 Å². The molecule has 1 aliphatic carbocycles. The van der Waals surface area contributed by atoms with E-state index in [0.29, 0.717) is 24.1 Å². The molecule has 1 aliphatic rings. The van der Waals surface area contributed by atoms with Crippen LogP contribution in [0.4, 0.5) is 23.2 Å². The van der Waals surface area contributed by atoms with Crippen LogP contribution in [0.1, 0.15) is 18.4 Å². The number of nitrogens with two attached hydrogens (primary N) is 1. The molecule has 20 heavy (non-hydrogen) atoms. The van der Waals surface area contributed by atoms with E-state index in [4.69, 9.17) is 5.73 Å². The number of halogens is 4. The molecule has 0 unspecified atom stereocenters. The number of para-hydroxylation sites is 1. The van der Waals surface area contributed by atoms with E-state index < -0.39 is 24.3 Å². The fraction of sp³-hybridized carbons (Fsp3) is 0.462. The highest BCUT2D eigenvalue weighted by Gasteiger charge is 2.53. The van der Waals surface area contributed by atoms with E-state index in [9.17, 15) is 22.4 Å². The molecule has 0 aromatic heterocycles. The Labute approximate surface area is 113 Å². The summed E-state index contributed by atoms with van der Waals surface area (Å²) in [5, 5.41) is 0. The first kappa shape index (κ1) is 14.6. The molecule has 0 heterocycles. The number of benzene rings is 1. The number of hydrogen-bond acceptors (Lipinski definition) is 2. The number of carbonyl (C=O) groups is 1. The minimum atomic E-state index is -4.66. The second kappa shape index (κ2) is 5.30. The molecule has 110 valence electrons. The molecule has 2 rings (SSSR count). The number of nitrogens with zero attached hydrogens (tertiary/aromatic N) is 1. The Balaban J connectivity index is 2.20. The lowest BCUT2D eigenvalue weighted by Crippen LogP contribution is -2.48. The summed E-state index contributed by atoms with van der Waals surface area (Å²) in [6.45, 7) is -0.182. The molecule has 1 aromatic carbocycles. The average Bonchev–Trinajstić information content (AvgIpc) is 3.21. The van der Waals surface area contributed by atoms with E-state index in [1.165, 1.54) is 0 Å².